The van der Waals surface area contributed by atoms with E-state index < -0.39 is 0 Å². The molecule has 0 saturated carbocycles. The van der Waals surface area contributed by atoms with Crippen LogP contribution in [0.15, 0.2) is 60.7 Å². The van der Waals surface area contributed by atoms with Crippen molar-refractivity contribution in [2.45, 2.75) is 12.8 Å². The minimum Gasteiger partial charge on any atom is -0.496 e. The van der Waals surface area contributed by atoms with E-state index in [4.69, 9.17) is 4.74 Å². The van der Waals surface area contributed by atoms with Gasteiger partial charge in [-0.3, -0.25) is 4.79 Å². The smallest absolute Gasteiger partial charge is 0.223 e. The number of nitrogens with one attached hydrogen (secondary N) is 1. The highest BCUT2D eigenvalue weighted by atomic mass is 16.5. The van der Waals surface area contributed by atoms with E-state index in [1.165, 1.54) is 0 Å². The molecule has 2 aromatic rings. The Hall–Kier alpha value is -2.55. The van der Waals surface area contributed by atoms with Gasteiger partial charge in [0.15, 0.2) is 0 Å². The monoisotopic (exact) mass is 295 g/mol. The van der Waals surface area contributed by atoms with Gasteiger partial charge >= 0.3 is 0 Å². The molecule has 0 atom stereocenters. The number of carbonyl (C=O) groups excluding carboxylic acids is 1. The molecular weight excluding hydrogens is 274 g/mol. The van der Waals surface area contributed by atoms with E-state index in [0.717, 1.165) is 23.3 Å². The molecule has 1 N–H and O–H groups in total. The fourth-order valence-corrected chi connectivity index (χ4v) is 2.18. The molecule has 1 amide bonds. The Morgan fingerprint density at radius 2 is 1.82 bits per heavy atom. The second-order valence-corrected chi connectivity index (χ2v) is 4.93. The highest BCUT2D eigenvalue weighted by Crippen LogP contribution is 2.17. The molecule has 2 rings (SSSR count). The van der Waals surface area contributed by atoms with Gasteiger partial charge in [-0.05, 0) is 23.6 Å². The van der Waals surface area contributed by atoms with Gasteiger partial charge in [-0.1, -0.05) is 60.7 Å². The fourth-order valence-electron chi connectivity index (χ4n) is 2.18. The summed E-state index contributed by atoms with van der Waals surface area (Å²) < 4.78 is 5.29. The quantitative estimate of drug-likeness (QED) is 0.849. The van der Waals surface area contributed by atoms with Gasteiger partial charge < -0.3 is 10.1 Å². The van der Waals surface area contributed by atoms with Crippen molar-refractivity contribution in [1.82, 2.24) is 5.32 Å². The van der Waals surface area contributed by atoms with Crippen LogP contribution in [0.2, 0.25) is 0 Å². The van der Waals surface area contributed by atoms with Crippen LogP contribution < -0.4 is 10.1 Å². The summed E-state index contributed by atoms with van der Waals surface area (Å²) in [6.45, 7) is 0.610. The van der Waals surface area contributed by atoms with Crippen molar-refractivity contribution in [3.63, 3.8) is 0 Å². The number of amides is 1. The molecule has 0 bridgehead atoms. The van der Waals surface area contributed by atoms with Crippen LogP contribution in [0.1, 0.15) is 17.5 Å². The number of carbonyl (C=O) groups is 1. The molecule has 0 aliphatic rings. The van der Waals surface area contributed by atoms with Gasteiger partial charge in [0.25, 0.3) is 0 Å². The van der Waals surface area contributed by atoms with Crippen LogP contribution in [-0.2, 0) is 11.2 Å². The minimum absolute atomic E-state index is 0.0297. The number of methoxy groups -OCH3 is 1. The lowest BCUT2D eigenvalue weighted by atomic mass is 10.1. The number of hydrogen-bond acceptors (Lipinski definition) is 2. The molecule has 3 nitrogen and oxygen atoms in total. The lowest BCUT2D eigenvalue weighted by molar-refractivity contribution is -0.120. The minimum atomic E-state index is 0.0297. The number of ether oxygens (including phenoxy) is 1. The molecule has 0 heterocycles. The molecular formula is C19H21NO2. The van der Waals surface area contributed by atoms with Gasteiger partial charge in [0, 0.05) is 13.0 Å². The predicted molar refractivity (Wildman–Crippen MR) is 89.8 cm³/mol. The lowest BCUT2D eigenvalue weighted by Gasteiger charge is -2.08. The summed E-state index contributed by atoms with van der Waals surface area (Å²) in [6, 6.07) is 17.8. The second kappa shape index (κ2) is 8.67. The van der Waals surface area contributed by atoms with E-state index in [2.05, 4.69) is 5.32 Å². The highest BCUT2D eigenvalue weighted by molar-refractivity contribution is 5.78. The van der Waals surface area contributed by atoms with Gasteiger partial charge in [-0.15, -0.1) is 0 Å². The molecule has 0 unspecified atom stereocenters. The third-order valence-electron chi connectivity index (χ3n) is 3.32. The van der Waals surface area contributed by atoms with Gasteiger partial charge in [0.2, 0.25) is 5.91 Å². The Labute approximate surface area is 131 Å². The summed E-state index contributed by atoms with van der Waals surface area (Å²) in [6.07, 6.45) is 4.99. The van der Waals surface area contributed by atoms with Crippen molar-refractivity contribution in [2.24, 2.45) is 0 Å². The first kappa shape index (κ1) is 15.8. The fraction of sp³-hybridized carbons (Fsp3) is 0.211. The molecule has 3 heteroatoms. The molecule has 0 spiro atoms. The third-order valence-corrected chi connectivity index (χ3v) is 3.32. The molecule has 0 fully saturated rings. The van der Waals surface area contributed by atoms with Gasteiger partial charge in [0.1, 0.15) is 5.75 Å². The summed E-state index contributed by atoms with van der Waals surface area (Å²) in [5, 5.41) is 2.92. The zero-order valence-electron chi connectivity index (χ0n) is 12.8. The van der Waals surface area contributed by atoms with E-state index in [1.54, 1.807) is 7.11 Å². The van der Waals surface area contributed by atoms with Crippen molar-refractivity contribution in [3.05, 3.63) is 71.8 Å². The molecule has 114 valence electrons. The van der Waals surface area contributed by atoms with Gasteiger partial charge in [0.05, 0.1) is 7.11 Å². The Morgan fingerprint density at radius 3 is 2.59 bits per heavy atom. The van der Waals surface area contributed by atoms with E-state index >= 15 is 0 Å². The number of rotatable bonds is 7. The molecule has 22 heavy (non-hydrogen) atoms. The summed E-state index contributed by atoms with van der Waals surface area (Å²) in [7, 11) is 1.66. The van der Waals surface area contributed by atoms with Crippen LogP contribution in [-0.4, -0.2) is 19.6 Å². The third kappa shape index (κ3) is 5.09. The molecule has 0 aliphatic carbocycles. The second-order valence-electron chi connectivity index (χ2n) is 4.93. The van der Waals surface area contributed by atoms with Crippen LogP contribution in [0.5, 0.6) is 5.75 Å². The van der Waals surface area contributed by atoms with Crippen molar-refractivity contribution in [2.75, 3.05) is 13.7 Å². The normalized spacial score (nSPS) is 10.6. The van der Waals surface area contributed by atoms with Crippen LogP contribution in [0.25, 0.3) is 6.08 Å². The maximum Gasteiger partial charge on any atom is 0.223 e. The SMILES string of the molecule is COc1ccccc1CCNC(=O)C/C=C/c1ccccc1. The van der Waals surface area contributed by atoms with Gasteiger partial charge in [-0.2, -0.15) is 0 Å². The van der Waals surface area contributed by atoms with Crippen LogP contribution in [0.4, 0.5) is 0 Å². The van der Waals surface area contributed by atoms with E-state index in [9.17, 15) is 4.79 Å². The van der Waals surface area contributed by atoms with E-state index in [1.807, 2.05) is 66.7 Å². The summed E-state index contributed by atoms with van der Waals surface area (Å²) in [5.74, 6) is 0.891. The summed E-state index contributed by atoms with van der Waals surface area (Å²) in [5.41, 5.74) is 2.20. The average Bonchev–Trinajstić information content (AvgIpc) is 2.56. The number of hydrogen-bond donors (Lipinski definition) is 1. The predicted octanol–water partition coefficient (Wildman–Crippen LogP) is 3.46. The molecule has 0 aromatic heterocycles. The standard InChI is InChI=1S/C19H21NO2/c1-22-18-12-6-5-11-17(18)14-15-20-19(21)13-7-10-16-8-3-2-4-9-16/h2-12H,13-15H2,1H3,(H,20,21)/b10-7+. The van der Waals surface area contributed by atoms with Gasteiger partial charge in [-0.25, -0.2) is 0 Å². The zero-order chi connectivity index (χ0) is 15.6. The molecule has 0 aliphatic heterocycles. The zero-order valence-corrected chi connectivity index (χ0v) is 12.8. The molecule has 0 radical (unpaired) electrons. The summed E-state index contributed by atoms with van der Waals surface area (Å²) >= 11 is 0. The topological polar surface area (TPSA) is 38.3 Å². The van der Waals surface area contributed by atoms with Crippen LogP contribution in [0, 0.1) is 0 Å². The van der Waals surface area contributed by atoms with Crippen molar-refractivity contribution < 1.29 is 9.53 Å². The molecule has 2 aromatic carbocycles. The van der Waals surface area contributed by atoms with Crippen molar-refractivity contribution in [1.29, 1.82) is 0 Å². The summed E-state index contributed by atoms with van der Waals surface area (Å²) in [4.78, 5) is 11.8. The number of para-hydroxylation sites is 1. The largest absolute Gasteiger partial charge is 0.496 e. The maximum absolute atomic E-state index is 11.8. The first-order valence-corrected chi connectivity index (χ1v) is 7.40. The first-order valence-electron chi connectivity index (χ1n) is 7.40. The first-order chi connectivity index (χ1) is 10.8. The van der Waals surface area contributed by atoms with E-state index in [0.29, 0.717) is 13.0 Å². The van der Waals surface area contributed by atoms with Crippen molar-refractivity contribution >= 4 is 12.0 Å². The maximum atomic E-state index is 11.8. The van der Waals surface area contributed by atoms with Crippen molar-refractivity contribution in [3.8, 4) is 5.75 Å². The Balaban J connectivity index is 1.73. The number of benzene rings is 2. The average molecular weight is 295 g/mol. The lowest BCUT2D eigenvalue weighted by Crippen LogP contribution is -2.24. The molecule has 0 saturated heterocycles. The van der Waals surface area contributed by atoms with E-state index in [-0.39, 0.29) is 5.91 Å². The highest BCUT2D eigenvalue weighted by Gasteiger charge is 2.02. The Bertz CT molecular complexity index is 620. The van der Waals surface area contributed by atoms with Crippen LogP contribution in [0.3, 0.4) is 0 Å². The Kier molecular flexibility index (Phi) is 6.24. The Morgan fingerprint density at radius 1 is 1.09 bits per heavy atom. The van der Waals surface area contributed by atoms with Crippen LogP contribution >= 0.6 is 0 Å².